The zero-order chi connectivity index (χ0) is 14.5. The van der Waals surface area contributed by atoms with Gasteiger partial charge in [0.15, 0.2) is 5.16 Å². The van der Waals surface area contributed by atoms with E-state index in [4.69, 9.17) is 10.5 Å². The van der Waals surface area contributed by atoms with Crippen molar-refractivity contribution in [1.82, 2.24) is 9.55 Å². The minimum absolute atomic E-state index is 0.0634. The minimum Gasteiger partial charge on any atom is -0.320 e. The molecule has 5 heteroatoms. The fourth-order valence-corrected chi connectivity index (χ4v) is 3.30. The molecule has 0 radical (unpaired) electrons. The van der Waals surface area contributed by atoms with Gasteiger partial charge in [-0.05, 0) is 25.2 Å². The Bertz CT molecular complexity index is 531. The molecule has 2 rings (SSSR count). The van der Waals surface area contributed by atoms with Crippen LogP contribution in [0, 0.1) is 28.6 Å². The zero-order valence-electron chi connectivity index (χ0n) is 12.0. The number of nitrogens with zero attached hydrogens (tertiary/aromatic N) is 4. The Hall–Kier alpha value is -1.46. The first kappa shape index (κ1) is 14.9. The lowest BCUT2D eigenvalue weighted by molar-refractivity contribution is 0.603. The van der Waals surface area contributed by atoms with E-state index in [2.05, 4.69) is 35.5 Å². The third-order valence-corrected chi connectivity index (χ3v) is 4.63. The van der Waals surface area contributed by atoms with Crippen molar-refractivity contribution in [3.8, 4) is 12.1 Å². The second kappa shape index (κ2) is 6.81. The van der Waals surface area contributed by atoms with Crippen LogP contribution in [0.4, 0.5) is 0 Å². The molecule has 0 spiro atoms. The first-order chi connectivity index (χ1) is 9.67. The molecule has 1 aromatic rings. The molecule has 1 heterocycles. The summed E-state index contributed by atoms with van der Waals surface area (Å²) in [6, 6.07) is 5.01. The van der Waals surface area contributed by atoms with E-state index in [-0.39, 0.29) is 5.92 Å². The highest BCUT2D eigenvalue weighted by Crippen LogP contribution is 2.41. The average Bonchev–Trinajstić information content (AvgIpc) is 3.18. The lowest BCUT2D eigenvalue weighted by Gasteiger charge is -2.13. The van der Waals surface area contributed by atoms with Crippen molar-refractivity contribution in [1.29, 1.82) is 10.5 Å². The number of hydrogen-bond acceptors (Lipinski definition) is 4. The maximum Gasteiger partial charge on any atom is 0.168 e. The Labute approximate surface area is 124 Å². The van der Waals surface area contributed by atoms with Crippen molar-refractivity contribution in [2.45, 2.75) is 56.6 Å². The topological polar surface area (TPSA) is 65.4 Å². The summed E-state index contributed by atoms with van der Waals surface area (Å²) in [7, 11) is 0. The standard InChI is InChI=1S/C15H20N4S/c1-11(2)14-9-18-15(19(14)13-5-6-13)20-10-12(8-17)4-3-7-16/h9,11-13H,3-6,10H2,1-2H3. The summed E-state index contributed by atoms with van der Waals surface area (Å²) in [5, 5.41) is 18.8. The maximum atomic E-state index is 9.11. The molecular weight excluding hydrogens is 268 g/mol. The van der Waals surface area contributed by atoms with Gasteiger partial charge in [0, 0.05) is 30.1 Å². The summed E-state index contributed by atoms with van der Waals surface area (Å²) < 4.78 is 2.36. The van der Waals surface area contributed by atoms with Crippen LogP contribution in [0.15, 0.2) is 11.4 Å². The Morgan fingerprint density at radius 2 is 2.20 bits per heavy atom. The minimum atomic E-state index is -0.0634. The molecule has 20 heavy (non-hydrogen) atoms. The highest BCUT2D eigenvalue weighted by Gasteiger charge is 2.29. The first-order valence-corrected chi connectivity index (χ1v) is 8.12. The Morgan fingerprint density at radius 1 is 1.45 bits per heavy atom. The van der Waals surface area contributed by atoms with Gasteiger partial charge in [0.25, 0.3) is 0 Å². The summed E-state index contributed by atoms with van der Waals surface area (Å²) in [5.41, 5.74) is 1.29. The van der Waals surface area contributed by atoms with Crippen molar-refractivity contribution in [2.75, 3.05) is 5.75 Å². The predicted octanol–water partition coefficient (Wildman–Crippen LogP) is 3.88. The lowest BCUT2D eigenvalue weighted by Crippen LogP contribution is -2.06. The largest absolute Gasteiger partial charge is 0.320 e. The van der Waals surface area contributed by atoms with Crippen LogP contribution in [0.1, 0.15) is 57.2 Å². The molecule has 106 valence electrons. The smallest absolute Gasteiger partial charge is 0.168 e. The molecule has 1 aliphatic carbocycles. The van der Waals surface area contributed by atoms with E-state index in [1.165, 1.54) is 18.5 Å². The van der Waals surface area contributed by atoms with E-state index in [0.29, 0.717) is 24.8 Å². The van der Waals surface area contributed by atoms with Crippen molar-refractivity contribution in [3.63, 3.8) is 0 Å². The Morgan fingerprint density at radius 3 is 2.75 bits per heavy atom. The number of imidazole rings is 1. The molecule has 0 N–H and O–H groups in total. The summed E-state index contributed by atoms with van der Waals surface area (Å²) >= 11 is 1.66. The number of hydrogen-bond donors (Lipinski definition) is 0. The number of thioether (sulfide) groups is 1. The second-order valence-corrected chi connectivity index (χ2v) is 6.54. The van der Waals surface area contributed by atoms with Crippen LogP contribution in [0.3, 0.4) is 0 Å². The third kappa shape index (κ3) is 3.55. The third-order valence-electron chi connectivity index (χ3n) is 3.50. The fourth-order valence-electron chi connectivity index (χ4n) is 2.19. The number of rotatable bonds is 7. The summed E-state index contributed by atoms with van der Waals surface area (Å²) in [6.45, 7) is 4.38. The summed E-state index contributed by atoms with van der Waals surface area (Å²) in [4.78, 5) is 4.54. The molecule has 0 aliphatic heterocycles. The molecule has 0 bridgehead atoms. The highest BCUT2D eigenvalue weighted by atomic mass is 32.2. The van der Waals surface area contributed by atoms with Crippen LogP contribution < -0.4 is 0 Å². The molecule has 0 amide bonds. The van der Waals surface area contributed by atoms with Gasteiger partial charge in [0.1, 0.15) is 0 Å². The Kier molecular flexibility index (Phi) is 5.09. The van der Waals surface area contributed by atoms with Crippen molar-refractivity contribution in [3.05, 3.63) is 11.9 Å². The van der Waals surface area contributed by atoms with Crippen molar-refractivity contribution in [2.24, 2.45) is 5.92 Å². The maximum absolute atomic E-state index is 9.11. The van der Waals surface area contributed by atoms with E-state index in [1.807, 2.05) is 6.20 Å². The van der Waals surface area contributed by atoms with Gasteiger partial charge in [-0.1, -0.05) is 25.6 Å². The van der Waals surface area contributed by atoms with Gasteiger partial charge >= 0.3 is 0 Å². The van der Waals surface area contributed by atoms with Crippen LogP contribution in [-0.4, -0.2) is 15.3 Å². The first-order valence-electron chi connectivity index (χ1n) is 7.13. The molecule has 0 saturated heterocycles. The number of aromatic nitrogens is 2. The highest BCUT2D eigenvalue weighted by molar-refractivity contribution is 7.99. The van der Waals surface area contributed by atoms with E-state index in [0.717, 1.165) is 10.9 Å². The quantitative estimate of drug-likeness (QED) is 0.714. The molecule has 1 atom stereocenters. The van der Waals surface area contributed by atoms with Crippen LogP contribution in [0.2, 0.25) is 0 Å². The Balaban J connectivity index is 2.03. The van der Waals surface area contributed by atoms with Crippen LogP contribution in [-0.2, 0) is 0 Å². The van der Waals surface area contributed by atoms with Gasteiger partial charge in [0.05, 0.1) is 18.1 Å². The normalized spacial score (nSPS) is 15.8. The second-order valence-electron chi connectivity index (χ2n) is 5.56. The predicted molar refractivity (Wildman–Crippen MR) is 79.3 cm³/mol. The van der Waals surface area contributed by atoms with Gasteiger partial charge in [-0.15, -0.1) is 0 Å². The van der Waals surface area contributed by atoms with Gasteiger partial charge in [-0.3, -0.25) is 0 Å². The van der Waals surface area contributed by atoms with Gasteiger partial charge < -0.3 is 4.57 Å². The van der Waals surface area contributed by atoms with Crippen LogP contribution in [0.5, 0.6) is 0 Å². The monoisotopic (exact) mass is 288 g/mol. The molecule has 0 aromatic carbocycles. The summed E-state index contributed by atoms with van der Waals surface area (Å²) in [5.74, 6) is 1.13. The SMILES string of the molecule is CC(C)c1cnc(SCC(C#N)CCC#N)n1C1CC1. The van der Waals surface area contributed by atoms with Crippen molar-refractivity contribution < 1.29 is 0 Å². The lowest BCUT2D eigenvalue weighted by atomic mass is 10.1. The van der Waals surface area contributed by atoms with E-state index >= 15 is 0 Å². The van der Waals surface area contributed by atoms with E-state index in [1.54, 1.807) is 11.8 Å². The van der Waals surface area contributed by atoms with Gasteiger partial charge in [-0.2, -0.15) is 10.5 Å². The molecule has 1 fully saturated rings. The van der Waals surface area contributed by atoms with Gasteiger partial charge in [-0.25, -0.2) is 4.98 Å². The molecule has 1 aromatic heterocycles. The van der Waals surface area contributed by atoms with Crippen LogP contribution >= 0.6 is 11.8 Å². The van der Waals surface area contributed by atoms with Crippen molar-refractivity contribution >= 4 is 11.8 Å². The number of nitriles is 2. The molecule has 1 saturated carbocycles. The van der Waals surface area contributed by atoms with E-state index < -0.39 is 0 Å². The average molecular weight is 288 g/mol. The molecule has 1 aliphatic rings. The van der Waals surface area contributed by atoms with Crippen LogP contribution in [0.25, 0.3) is 0 Å². The molecular formula is C15H20N4S. The zero-order valence-corrected chi connectivity index (χ0v) is 12.9. The summed E-state index contributed by atoms with van der Waals surface area (Å²) in [6.07, 6.45) is 5.55. The molecule has 4 nitrogen and oxygen atoms in total. The molecule has 1 unspecified atom stereocenters. The fraction of sp³-hybridized carbons (Fsp3) is 0.667. The van der Waals surface area contributed by atoms with E-state index in [9.17, 15) is 0 Å². The van der Waals surface area contributed by atoms with Gasteiger partial charge in [0.2, 0.25) is 0 Å².